The molecule has 1 spiro atoms. The number of fused-ring (bicyclic) bond motifs is 9. The summed E-state index contributed by atoms with van der Waals surface area (Å²) in [6.07, 6.45) is 4.80. The van der Waals surface area contributed by atoms with E-state index in [0.717, 1.165) is 16.7 Å². The van der Waals surface area contributed by atoms with E-state index in [1.54, 1.807) is 0 Å². The summed E-state index contributed by atoms with van der Waals surface area (Å²) in [5, 5.41) is 0. The van der Waals surface area contributed by atoms with Crippen molar-refractivity contribution in [3.05, 3.63) is 287 Å². The Morgan fingerprint density at radius 3 is 1.14 bits per heavy atom. The number of benzene rings is 9. The third-order valence-corrected chi connectivity index (χ3v) is 13.5. The molecule has 0 N–H and O–H groups in total. The first-order valence-corrected chi connectivity index (χ1v) is 27.5. The van der Waals surface area contributed by atoms with E-state index >= 15 is 0 Å². The molecule has 0 amide bonds. The van der Waals surface area contributed by atoms with Gasteiger partial charge in [0.1, 0.15) is 0 Å². The number of hydrogen-bond donors (Lipinski definition) is 0. The highest BCUT2D eigenvalue weighted by atomic mass is 14.5. The topological polar surface area (TPSA) is 0 Å². The maximum Gasteiger partial charge on any atom is 0.0719 e. The second kappa shape index (κ2) is 26.4. The normalized spacial score (nSPS) is 12.2. The van der Waals surface area contributed by atoms with E-state index in [4.69, 9.17) is 6.58 Å². The van der Waals surface area contributed by atoms with Crippen LogP contribution in [-0.2, 0) is 10.8 Å². The Balaban J connectivity index is 0.000000688. The SMILES string of the molecule is C=C(C=C(c1ccccc1)c1ccccc1)c1cccc2c1-c1cc(-c3ccc(-c4ccc(-c5ccccc5)cc4)cc3)ccc1C21c2ccccc2C(C)(C)c2ccccc21.CC.CC.CC.CCC.CCC. The van der Waals surface area contributed by atoms with Crippen LogP contribution in [0.2, 0.25) is 0 Å². The van der Waals surface area contributed by atoms with Crippen LogP contribution in [0.25, 0.3) is 55.7 Å². The van der Waals surface area contributed by atoms with Gasteiger partial charge in [-0.2, -0.15) is 0 Å². The molecule has 376 valence electrons. The fraction of sp³-hybridized carbons (Fsp3) is 0.216. The van der Waals surface area contributed by atoms with Crippen molar-refractivity contribution in [3.63, 3.8) is 0 Å². The second-order valence-electron chi connectivity index (χ2n) is 18.7. The first-order valence-electron chi connectivity index (χ1n) is 27.5. The van der Waals surface area contributed by atoms with Gasteiger partial charge in [-0.25, -0.2) is 0 Å². The van der Waals surface area contributed by atoms with Crippen molar-refractivity contribution in [2.75, 3.05) is 0 Å². The zero-order valence-corrected chi connectivity index (χ0v) is 46.6. The Labute approximate surface area is 447 Å². The molecule has 0 radical (unpaired) electrons. The molecule has 0 fully saturated rings. The van der Waals surface area contributed by atoms with Crippen LogP contribution in [0.15, 0.2) is 237 Å². The van der Waals surface area contributed by atoms with Crippen LogP contribution in [0.3, 0.4) is 0 Å². The van der Waals surface area contributed by atoms with Gasteiger partial charge in [-0.3, -0.25) is 0 Å². The smallest absolute Gasteiger partial charge is 0.0719 e. The Bertz CT molecular complexity index is 3110. The molecule has 0 bridgehead atoms. The van der Waals surface area contributed by atoms with Crippen LogP contribution in [0, 0.1) is 0 Å². The second-order valence-corrected chi connectivity index (χ2v) is 18.7. The third-order valence-electron chi connectivity index (χ3n) is 13.5. The van der Waals surface area contributed by atoms with Crippen molar-refractivity contribution in [3.8, 4) is 44.5 Å². The van der Waals surface area contributed by atoms with Gasteiger partial charge in [-0.05, 0) is 118 Å². The molecule has 74 heavy (non-hydrogen) atoms. The van der Waals surface area contributed by atoms with Crippen LogP contribution in [0.5, 0.6) is 0 Å². The first-order chi connectivity index (χ1) is 36.3. The fourth-order valence-corrected chi connectivity index (χ4v) is 10.6. The van der Waals surface area contributed by atoms with Crippen molar-refractivity contribution < 1.29 is 0 Å². The van der Waals surface area contributed by atoms with Crippen LogP contribution < -0.4 is 0 Å². The minimum atomic E-state index is -0.511. The van der Waals surface area contributed by atoms with Gasteiger partial charge in [0.15, 0.2) is 0 Å². The minimum absolute atomic E-state index is 0.172. The molecule has 0 heteroatoms. The lowest BCUT2D eigenvalue weighted by Gasteiger charge is -2.46. The van der Waals surface area contributed by atoms with E-state index in [-0.39, 0.29) is 5.41 Å². The molecular weight excluding hydrogens is 889 g/mol. The molecular formula is C74H80. The van der Waals surface area contributed by atoms with E-state index < -0.39 is 5.41 Å². The molecule has 0 saturated heterocycles. The summed E-state index contributed by atoms with van der Waals surface area (Å²) in [5.74, 6) is 0. The lowest BCUT2D eigenvalue weighted by atomic mass is 9.55. The molecule has 0 atom stereocenters. The molecule has 0 saturated carbocycles. The highest BCUT2D eigenvalue weighted by Crippen LogP contribution is 2.63. The zero-order chi connectivity index (χ0) is 53.3. The largest absolute Gasteiger partial charge is 0.0911 e. The van der Waals surface area contributed by atoms with Gasteiger partial charge < -0.3 is 0 Å². The Kier molecular flexibility index (Phi) is 19.9. The Morgan fingerprint density at radius 1 is 0.365 bits per heavy atom. The molecule has 0 heterocycles. The number of allylic oxidation sites excluding steroid dienone is 2. The number of hydrogen-bond acceptors (Lipinski definition) is 0. The van der Waals surface area contributed by atoms with Gasteiger partial charge in [0.25, 0.3) is 0 Å². The summed E-state index contributed by atoms with van der Waals surface area (Å²) >= 11 is 0. The van der Waals surface area contributed by atoms with Crippen molar-refractivity contribution in [2.24, 2.45) is 0 Å². The molecule has 0 aromatic heterocycles. The molecule has 0 aliphatic heterocycles. The van der Waals surface area contributed by atoms with E-state index in [2.05, 4.69) is 272 Å². The zero-order valence-electron chi connectivity index (χ0n) is 46.6. The lowest BCUT2D eigenvalue weighted by Crippen LogP contribution is -2.40. The molecule has 0 unspecified atom stereocenters. The molecule has 2 aliphatic rings. The van der Waals surface area contributed by atoms with E-state index in [1.807, 2.05) is 41.5 Å². The predicted octanol–water partition coefficient (Wildman–Crippen LogP) is 21.7. The van der Waals surface area contributed by atoms with Gasteiger partial charge in [0, 0.05) is 5.41 Å². The van der Waals surface area contributed by atoms with Crippen LogP contribution in [-0.4, -0.2) is 0 Å². The summed E-state index contributed by atoms with van der Waals surface area (Å²) in [7, 11) is 0. The van der Waals surface area contributed by atoms with Crippen molar-refractivity contribution >= 4 is 11.1 Å². The summed E-state index contributed by atoms with van der Waals surface area (Å²) < 4.78 is 0. The monoisotopic (exact) mass is 969 g/mol. The van der Waals surface area contributed by atoms with E-state index in [1.165, 1.54) is 102 Å². The van der Waals surface area contributed by atoms with E-state index in [9.17, 15) is 0 Å². The lowest BCUT2D eigenvalue weighted by molar-refractivity contribution is 0.563. The standard InChI is InChI=1S/C62H46.2C3H8.3C2H6/c1-42(40-52(48-20-9-5-10-21-48)49-22-11-6-12-23-49)51-24-17-29-59-60(51)53-41-50(47-36-34-46(35-37-47)45-32-30-44(31-33-45)43-18-7-4-8-19-43)38-39-54(53)62(59)57-27-15-13-25-55(57)61(2,3)56-26-14-16-28-58(56)62;2*1-3-2;3*1-2/h4-41H,1H2,2-3H3;2*3H2,1-2H3;3*1-2H3. The summed E-state index contributed by atoms with van der Waals surface area (Å²) in [5.41, 5.74) is 22.8. The Morgan fingerprint density at radius 2 is 0.703 bits per heavy atom. The van der Waals surface area contributed by atoms with Crippen LogP contribution >= 0.6 is 0 Å². The van der Waals surface area contributed by atoms with Crippen molar-refractivity contribution in [1.82, 2.24) is 0 Å². The maximum absolute atomic E-state index is 4.88. The van der Waals surface area contributed by atoms with Gasteiger partial charge in [-0.15, -0.1) is 0 Å². The molecule has 9 aromatic rings. The third kappa shape index (κ3) is 11.0. The van der Waals surface area contributed by atoms with Gasteiger partial charge in [-0.1, -0.05) is 321 Å². The van der Waals surface area contributed by atoms with Crippen LogP contribution in [0.4, 0.5) is 0 Å². The fourth-order valence-electron chi connectivity index (χ4n) is 10.6. The summed E-state index contributed by atoms with van der Waals surface area (Å²) in [6.45, 7) is 30.1. The van der Waals surface area contributed by atoms with Crippen molar-refractivity contribution in [1.29, 1.82) is 0 Å². The predicted molar refractivity (Wildman–Crippen MR) is 327 cm³/mol. The van der Waals surface area contributed by atoms with Gasteiger partial charge >= 0.3 is 0 Å². The summed E-state index contributed by atoms with van der Waals surface area (Å²) in [4.78, 5) is 0. The molecule has 11 rings (SSSR count). The average Bonchev–Trinajstić information content (AvgIpc) is 3.83. The highest BCUT2D eigenvalue weighted by Gasteiger charge is 2.53. The highest BCUT2D eigenvalue weighted by molar-refractivity contribution is 5.99. The van der Waals surface area contributed by atoms with Gasteiger partial charge in [0.2, 0.25) is 0 Å². The quantitative estimate of drug-likeness (QED) is 0.140. The van der Waals surface area contributed by atoms with Crippen molar-refractivity contribution in [2.45, 2.75) is 107 Å². The molecule has 2 aliphatic carbocycles. The first kappa shape index (κ1) is 55.8. The maximum atomic E-state index is 4.88. The molecule has 9 aromatic carbocycles. The summed E-state index contributed by atoms with van der Waals surface area (Å²) in [6, 6.07) is 82.4. The Hall–Kier alpha value is -7.54. The van der Waals surface area contributed by atoms with Gasteiger partial charge in [0.05, 0.1) is 5.41 Å². The average molecular weight is 969 g/mol. The number of rotatable bonds is 7. The minimum Gasteiger partial charge on any atom is -0.0911 e. The molecule has 0 nitrogen and oxygen atoms in total. The van der Waals surface area contributed by atoms with Crippen LogP contribution in [0.1, 0.15) is 146 Å². The van der Waals surface area contributed by atoms with E-state index in [0.29, 0.717) is 0 Å².